The summed E-state index contributed by atoms with van der Waals surface area (Å²) in [4.78, 5) is 12.8. The van der Waals surface area contributed by atoms with E-state index in [9.17, 15) is 4.79 Å². The van der Waals surface area contributed by atoms with Crippen molar-refractivity contribution in [3.8, 4) is 22.9 Å². The van der Waals surface area contributed by atoms with Gasteiger partial charge in [-0.1, -0.05) is 41.6 Å². The zero-order valence-electron chi connectivity index (χ0n) is 16.7. The molecule has 29 heavy (non-hydrogen) atoms. The molecule has 0 atom stereocenters. The summed E-state index contributed by atoms with van der Waals surface area (Å²) >= 11 is 1.34. The Labute approximate surface area is 174 Å². The highest BCUT2D eigenvalue weighted by molar-refractivity contribution is 7.99. The Hall–Kier alpha value is -3.06. The van der Waals surface area contributed by atoms with Crippen LogP contribution in [0.1, 0.15) is 15.9 Å². The molecule has 0 saturated heterocycles. The maximum atomic E-state index is 12.8. The van der Waals surface area contributed by atoms with Crippen LogP contribution in [-0.2, 0) is 6.54 Å². The average molecular weight is 410 g/mol. The van der Waals surface area contributed by atoms with Gasteiger partial charge in [0.15, 0.2) is 16.8 Å². The fourth-order valence-electron chi connectivity index (χ4n) is 2.92. The fraction of sp³-hybridized carbons (Fsp3) is 0.227. The van der Waals surface area contributed by atoms with E-state index in [1.165, 1.54) is 18.9 Å². The fourth-order valence-corrected chi connectivity index (χ4v) is 3.75. The number of benzene rings is 2. The molecule has 0 spiro atoms. The number of rotatable bonds is 9. The summed E-state index contributed by atoms with van der Waals surface area (Å²) in [6.07, 6.45) is 1.79. The number of carbonyl (C=O) groups excluding carboxylic acids is 1. The van der Waals surface area contributed by atoms with Crippen LogP contribution in [0.2, 0.25) is 0 Å². The van der Waals surface area contributed by atoms with Gasteiger partial charge in [0.25, 0.3) is 0 Å². The molecular formula is C22H23N3O3S. The molecule has 0 aliphatic rings. The lowest BCUT2D eigenvalue weighted by Crippen LogP contribution is -2.07. The molecule has 0 fully saturated rings. The van der Waals surface area contributed by atoms with Gasteiger partial charge in [0.1, 0.15) is 11.5 Å². The van der Waals surface area contributed by atoms with Crippen LogP contribution >= 0.6 is 11.8 Å². The molecular weight excluding hydrogens is 386 g/mol. The van der Waals surface area contributed by atoms with E-state index in [2.05, 4.69) is 22.8 Å². The van der Waals surface area contributed by atoms with Gasteiger partial charge >= 0.3 is 0 Å². The molecule has 2 aromatic carbocycles. The Morgan fingerprint density at radius 3 is 2.69 bits per heavy atom. The van der Waals surface area contributed by atoms with Crippen molar-refractivity contribution >= 4 is 17.5 Å². The summed E-state index contributed by atoms with van der Waals surface area (Å²) in [6, 6.07) is 13.2. The molecule has 3 aromatic rings. The lowest BCUT2D eigenvalue weighted by Gasteiger charge is -2.10. The minimum absolute atomic E-state index is 0.0558. The number of ether oxygens (including phenoxy) is 2. The maximum absolute atomic E-state index is 12.8. The van der Waals surface area contributed by atoms with Gasteiger partial charge in [0.2, 0.25) is 0 Å². The summed E-state index contributed by atoms with van der Waals surface area (Å²) in [6.45, 7) is 6.42. The quantitative estimate of drug-likeness (QED) is 0.296. The number of aryl methyl sites for hydroxylation is 1. The predicted octanol–water partition coefficient (Wildman–Crippen LogP) is 4.43. The van der Waals surface area contributed by atoms with Crippen molar-refractivity contribution in [1.82, 2.24) is 14.8 Å². The first-order chi connectivity index (χ1) is 14.1. The van der Waals surface area contributed by atoms with Crippen molar-refractivity contribution in [3.05, 3.63) is 66.2 Å². The minimum Gasteiger partial charge on any atom is -0.497 e. The molecule has 1 heterocycles. The van der Waals surface area contributed by atoms with E-state index in [4.69, 9.17) is 9.47 Å². The van der Waals surface area contributed by atoms with Gasteiger partial charge in [-0.05, 0) is 25.1 Å². The van der Waals surface area contributed by atoms with Gasteiger partial charge in [0.05, 0.1) is 25.5 Å². The Morgan fingerprint density at radius 1 is 1.17 bits per heavy atom. The van der Waals surface area contributed by atoms with Crippen molar-refractivity contribution in [2.45, 2.75) is 18.6 Å². The molecule has 6 nitrogen and oxygen atoms in total. The molecule has 0 aliphatic carbocycles. The van der Waals surface area contributed by atoms with Crippen LogP contribution in [0.15, 0.2) is 60.3 Å². The second-order valence-electron chi connectivity index (χ2n) is 6.35. The first kappa shape index (κ1) is 20.7. The van der Waals surface area contributed by atoms with Gasteiger partial charge < -0.3 is 9.47 Å². The first-order valence-electron chi connectivity index (χ1n) is 9.06. The van der Waals surface area contributed by atoms with Crippen LogP contribution in [0.4, 0.5) is 0 Å². The van der Waals surface area contributed by atoms with Crippen LogP contribution < -0.4 is 9.47 Å². The molecule has 3 rings (SSSR count). The Balaban J connectivity index is 1.82. The van der Waals surface area contributed by atoms with Crippen LogP contribution in [0.3, 0.4) is 0 Å². The van der Waals surface area contributed by atoms with Crippen molar-refractivity contribution in [2.24, 2.45) is 0 Å². The smallest absolute Gasteiger partial charge is 0.192 e. The first-order valence-corrected chi connectivity index (χ1v) is 10.0. The van der Waals surface area contributed by atoms with E-state index < -0.39 is 0 Å². The molecule has 0 aliphatic heterocycles. The van der Waals surface area contributed by atoms with Crippen LogP contribution in [0.25, 0.3) is 11.4 Å². The van der Waals surface area contributed by atoms with E-state index >= 15 is 0 Å². The number of nitrogens with zero attached hydrogens (tertiary/aromatic N) is 3. The van der Waals surface area contributed by atoms with Gasteiger partial charge in [0, 0.05) is 18.2 Å². The summed E-state index contributed by atoms with van der Waals surface area (Å²) in [5, 5.41) is 9.31. The van der Waals surface area contributed by atoms with Gasteiger partial charge in [-0.25, -0.2) is 0 Å². The SMILES string of the molecule is C=CCn1c(SCC(=O)c2ccc(OC)cc2OC)nnc1-c1cccc(C)c1. The lowest BCUT2D eigenvalue weighted by atomic mass is 10.1. The third kappa shape index (κ3) is 4.68. The lowest BCUT2D eigenvalue weighted by molar-refractivity contribution is 0.101. The molecule has 0 saturated carbocycles. The molecule has 0 unspecified atom stereocenters. The second kappa shape index (κ2) is 9.43. The molecule has 0 bridgehead atoms. The molecule has 0 amide bonds. The van der Waals surface area contributed by atoms with E-state index in [0.29, 0.717) is 28.8 Å². The van der Waals surface area contributed by atoms with Crippen molar-refractivity contribution in [1.29, 1.82) is 0 Å². The Bertz CT molecular complexity index is 1030. The number of carbonyl (C=O) groups is 1. The standard InChI is InChI=1S/C22H23N3O3S/c1-5-11-25-21(16-8-6-7-15(2)12-16)23-24-22(25)29-14-19(26)18-10-9-17(27-3)13-20(18)28-4/h5-10,12-13H,1,11,14H2,2-4H3. The third-order valence-corrected chi connectivity index (χ3v) is 5.31. The summed E-state index contributed by atoms with van der Waals surface area (Å²) < 4.78 is 12.5. The van der Waals surface area contributed by atoms with E-state index in [-0.39, 0.29) is 11.5 Å². The van der Waals surface area contributed by atoms with Gasteiger partial charge in [-0.2, -0.15) is 0 Å². The van der Waals surface area contributed by atoms with Crippen molar-refractivity contribution in [3.63, 3.8) is 0 Å². The number of aromatic nitrogens is 3. The number of ketones is 1. The maximum Gasteiger partial charge on any atom is 0.192 e. The zero-order chi connectivity index (χ0) is 20.8. The van der Waals surface area contributed by atoms with Crippen molar-refractivity contribution in [2.75, 3.05) is 20.0 Å². The molecule has 150 valence electrons. The largest absolute Gasteiger partial charge is 0.497 e. The monoisotopic (exact) mass is 409 g/mol. The second-order valence-corrected chi connectivity index (χ2v) is 7.30. The molecule has 0 radical (unpaired) electrons. The van der Waals surface area contributed by atoms with Crippen LogP contribution in [-0.4, -0.2) is 40.5 Å². The Kier molecular flexibility index (Phi) is 6.72. The van der Waals surface area contributed by atoms with Gasteiger partial charge in [-0.15, -0.1) is 16.8 Å². The highest BCUT2D eigenvalue weighted by Gasteiger charge is 2.18. The highest BCUT2D eigenvalue weighted by atomic mass is 32.2. The normalized spacial score (nSPS) is 10.6. The topological polar surface area (TPSA) is 66.2 Å². The average Bonchev–Trinajstić information content (AvgIpc) is 3.14. The third-order valence-electron chi connectivity index (χ3n) is 4.35. The predicted molar refractivity (Wildman–Crippen MR) is 115 cm³/mol. The summed E-state index contributed by atoms with van der Waals surface area (Å²) in [5.41, 5.74) is 2.63. The van der Waals surface area contributed by atoms with Crippen LogP contribution in [0.5, 0.6) is 11.5 Å². The van der Waals surface area contributed by atoms with Gasteiger partial charge in [-0.3, -0.25) is 9.36 Å². The molecule has 0 N–H and O–H groups in total. The Morgan fingerprint density at radius 2 is 2.00 bits per heavy atom. The number of hydrogen-bond acceptors (Lipinski definition) is 6. The number of thioether (sulfide) groups is 1. The summed E-state index contributed by atoms with van der Waals surface area (Å²) in [5.74, 6) is 2.04. The van der Waals surface area contributed by atoms with E-state index in [1.54, 1.807) is 31.4 Å². The molecule has 7 heteroatoms. The van der Waals surface area contributed by atoms with E-state index in [0.717, 1.165) is 17.0 Å². The minimum atomic E-state index is -0.0558. The summed E-state index contributed by atoms with van der Waals surface area (Å²) in [7, 11) is 3.11. The number of Topliss-reactive ketones (excluding diaryl/α,β-unsaturated/α-hetero) is 1. The number of methoxy groups -OCH3 is 2. The van der Waals surface area contributed by atoms with Crippen LogP contribution in [0, 0.1) is 6.92 Å². The van der Waals surface area contributed by atoms with E-state index in [1.807, 2.05) is 29.7 Å². The zero-order valence-corrected chi connectivity index (χ0v) is 17.5. The molecule has 1 aromatic heterocycles. The highest BCUT2D eigenvalue weighted by Crippen LogP contribution is 2.28. The number of hydrogen-bond donors (Lipinski definition) is 0. The number of allylic oxidation sites excluding steroid dienone is 1. The van der Waals surface area contributed by atoms with Crippen molar-refractivity contribution < 1.29 is 14.3 Å².